The molecule has 0 saturated carbocycles. The van der Waals surface area contributed by atoms with Gasteiger partial charge in [-0.3, -0.25) is 9.69 Å². The standard InChI is InChI=1S/C14H16N2O3/c17-13(5-9-7-15-8-9)16-11-4-2-1-3-10(11)6-12(16)14(18)19/h1-4,9,12,15H,5-8H2,(H,18,19). The van der Waals surface area contributed by atoms with E-state index in [9.17, 15) is 14.7 Å². The van der Waals surface area contributed by atoms with Crippen LogP contribution in [0.15, 0.2) is 24.3 Å². The molecular weight excluding hydrogens is 244 g/mol. The summed E-state index contributed by atoms with van der Waals surface area (Å²) in [5, 5.41) is 12.4. The number of carboxylic acid groups (broad SMARTS) is 1. The van der Waals surface area contributed by atoms with Gasteiger partial charge in [0.2, 0.25) is 5.91 Å². The lowest BCUT2D eigenvalue weighted by Crippen LogP contribution is -2.48. The summed E-state index contributed by atoms with van der Waals surface area (Å²) in [4.78, 5) is 25.2. The minimum Gasteiger partial charge on any atom is -0.480 e. The van der Waals surface area contributed by atoms with E-state index < -0.39 is 12.0 Å². The Balaban J connectivity index is 1.86. The largest absolute Gasteiger partial charge is 0.480 e. The second-order valence-corrected chi connectivity index (χ2v) is 5.18. The van der Waals surface area contributed by atoms with E-state index in [1.807, 2.05) is 24.3 Å². The number of fused-ring (bicyclic) bond motifs is 1. The molecule has 2 aliphatic rings. The lowest BCUT2D eigenvalue weighted by molar-refractivity contribution is -0.140. The summed E-state index contributed by atoms with van der Waals surface area (Å²) in [6, 6.07) is 6.69. The number of hydrogen-bond acceptors (Lipinski definition) is 3. The number of benzene rings is 1. The Bertz CT molecular complexity index is 525. The third-order valence-electron chi connectivity index (χ3n) is 3.86. The second kappa shape index (κ2) is 4.66. The highest BCUT2D eigenvalue weighted by molar-refractivity contribution is 6.02. The zero-order valence-corrected chi connectivity index (χ0v) is 10.5. The molecule has 0 spiro atoms. The number of anilines is 1. The molecular formula is C14H16N2O3. The van der Waals surface area contributed by atoms with E-state index >= 15 is 0 Å². The number of aliphatic carboxylic acids is 1. The highest BCUT2D eigenvalue weighted by Crippen LogP contribution is 2.33. The van der Waals surface area contributed by atoms with Crippen LogP contribution in [0.5, 0.6) is 0 Å². The summed E-state index contributed by atoms with van der Waals surface area (Å²) in [5.41, 5.74) is 1.70. The zero-order valence-electron chi connectivity index (χ0n) is 10.5. The SMILES string of the molecule is O=C(O)C1Cc2ccccc2N1C(=O)CC1CNC1. The molecule has 5 heteroatoms. The van der Waals surface area contributed by atoms with Crippen molar-refractivity contribution in [3.63, 3.8) is 0 Å². The monoisotopic (exact) mass is 260 g/mol. The molecule has 1 unspecified atom stereocenters. The van der Waals surface area contributed by atoms with Crippen molar-refractivity contribution in [1.29, 1.82) is 0 Å². The third-order valence-corrected chi connectivity index (χ3v) is 3.86. The number of para-hydroxylation sites is 1. The van der Waals surface area contributed by atoms with Gasteiger partial charge in [0.15, 0.2) is 0 Å². The number of hydrogen-bond donors (Lipinski definition) is 2. The highest BCUT2D eigenvalue weighted by atomic mass is 16.4. The smallest absolute Gasteiger partial charge is 0.327 e. The summed E-state index contributed by atoms with van der Waals surface area (Å²) in [6.45, 7) is 1.69. The zero-order chi connectivity index (χ0) is 13.4. The summed E-state index contributed by atoms with van der Waals surface area (Å²) in [5.74, 6) is -0.671. The van der Waals surface area contributed by atoms with Gasteiger partial charge in [0, 0.05) is 18.5 Å². The molecule has 2 N–H and O–H groups in total. The molecule has 5 nitrogen and oxygen atoms in total. The van der Waals surface area contributed by atoms with Crippen molar-refractivity contribution in [2.24, 2.45) is 5.92 Å². The first-order chi connectivity index (χ1) is 9.16. The van der Waals surface area contributed by atoms with Crippen LogP contribution >= 0.6 is 0 Å². The van der Waals surface area contributed by atoms with Crippen molar-refractivity contribution in [3.8, 4) is 0 Å². The minimum atomic E-state index is -0.934. The minimum absolute atomic E-state index is 0.0798. The molecule has 0 aliphatic carbocycles. The molecule has 1 amide bonds. The van der Waals surface area contributed by atoms with Gasteiger partial charge in [-0.1, -0.05) is 18.2 Å². The number of nitrogens with zero attached hydrogens (tertiary/aromatic N) is 1. The van der Waals surface area contributed by atoms with Gasteiger partial charge >= 0.3 is 5.97 Å². The van der Waals surface area contributed by atoms with Crippen molar-refractivity contribution in [2.75, 3.05) is 18.0 Å². The Hall–Kier alpha value is -1.88. The Labute approximate surface area is 111 Å². The summed E-state index contributed by atoms with van der Waals surface area (Å²) >= 11 is 0. The molecule has 0 aromatic heterocycles. The van der Waals surface area contributed by atoms with Gasteiger partial charge in [-0.2, -0.15) is 0 Å². The number of amides is 1. The van der Waals surface area contributed by atoms with Crippen LogP contribution in [0, 0.1) is 5.92 Å². The first-order valence-electron chi connectivity index (χ1n) is 6.50. The van der Waals surface area contributed by atoms with Crippen LogP contribution in [0.25, 0.3) is 0 Å². The Morgan fingerprint density at radius 1 is 1.32 bits per heavy atom. The highest BCUT2D eigenvalue weighted by Gasteiger charge is 2.39. The summed E-state index contributed by atoms with van der Waals surface area (Å²) in [6.07, 6.45) is 0.825. The fourth-order valence-electron chi connectivity index (χ4n) is 2.73. The van der Waals surface area contributed by atoms with Crippen LogP contribution in [-0.2, 0) is 16.0 Å². The van der Waals surface area contributed by atoms with Crippen molar-refractivity contribution in [1.82, 2.24) is 5.32 Å². The Morgan fingerprint density at radius 3 is 2.68 bits per heavy atom. The molecule has 2 heterocycles. The molecule has 1 aromatic rings. The van der Waals surface area contributed by atoms with Gasteiger partial charge < -0.3 is 10.4 Å². The van der Waals surface area contributed by atoms with Crippen molar-refractivity contribution >= 4 is 17.6 Å². The van der Waals surface area contributed by atoms with E-state index in [0.717, 1.165) is 24.3 Å². The van der Waals surface area contributed by atoms with Crippen molar-refractivity contribution in [2.45, 2.75) is 18.9 Å². The van der Waals surface area contributed by atoms with E-state index in [1.165, 1.54) is 4.90 Å². The molecule has 1 fully saturated rings. The molecule has 100 valence electrons. The van der Waals surface area contributed by atoms with Crippen molar-refractivity contribution < 1.29 is 14.7 Å². The first-order valence-corrected chi connectivity index (χ1v) is 6.50. The van der Waals surface area contributed by atoms with E-state index in [-0.39, 0.29) is 5.91 Å². The summed E-state index contributed by atoms with van der Waals surface area (Å²) in [7, 11) is 0. The van der Waals surface area contributed by atoms with E-state index in [4.69, 9.17) is 0 Å². The normalized spacial score (nSPS) is 21.9. The number of carbonyl (C=O) groups is 2. The van der Waals surface area contributed by atoms with Crippen LogP contribution in [0.2, 0.25) is 0 Å². The number of carboxylic acids is 1. The second-order valence-electron chi connectivity index (χ2n) is 5.18. The molecule has 2 aliphatic heterocycles. The van der Waals surface area contributed by atoms with E-state index in [0.29, 0.717) is 18.8 Å². The average molecular weight is 260 g/mol. The predicted octanol–water partition coefficient (Wildman–Crippen LogP) is 0.638. The molecule has 1 aromatic carbocycles. The molecule has 1 atom stereocenters. The first kappa shape index (κ1) is 12.2. The predicted molar refractivity (Wildman–Crippen MR) is 70.0 cm³/mol. The van der Waals surface area contributed by atoms with E-state index in [1.54, 1.807) is 0 Å². The maximum Gasteiger partial charge on any atom is 0.327 e. The average Bonchev–Trinajstić information content (AvgIpc) is 2.73. The molecule has 1 saturated heterocycles. The van der Waals surface area contributed by atoms with Gasteiger partial charge in [0.25, 0.3) is 0 Å². The van der Waals surface area contributed by atoms with Gasteiger partial charge in [0.05, 0.1) is 0 Å². The van der Waals surface area contributed by atoms with Crippen LogP contribution in [0.1, 0.15) is 12.0 Å². The maximum absolute atomic E-state index is 12.4. The molecule has 19 heavy (non-hydrogen) atoms. The Morgan fingerprint density at radius 2 is 2.05 bits per heavy atom. The van der Waals surface area contributed by atoms with Crippen LogP contribution in [0.3, 0.4) is 0 Å². The molecule has 0 bridgehead atoms. The number of rotatable bonds is 3. The topological polar surface area (TPSA) is 69.6 Å². The fraction of sp³-hybridized carbons (Fsp3) is 0.429. The van der Waals surface area contributed by atoms with Gasteiger partial charge in [-0.15, -0.1) is 0 Å². The molecule has 3 rings (SSSR count). The third kappa shape index (κ3) is 2.10. The van der Waals surface area contributed by atoms with Gasteiger partial charge in [-0.25, -0.2) is 4.79 Å². The van der Waals surface area contributed by atoms with Crippen LogP contribution < -0.4 is 10.2 Å². The maximum atomic E-state index is 12.4. The lowest BCUT2D eigenvalue weighted by Gasteiger charge is -2.30. The van der Waals surface area contributed by atoms with Crippen LogP contribution in [0.4, 0.5) is 5.69 Å². The van der Waals surface area contributed by atoms with Gasteiger partial charge in [-0.05, 0) is 30.6 Å². The Kier molecular flexibility index (Phi) is 2.98. The number of nitrogens with one attached hydrogen (secondary N) is 1. The number of carbonyl (C=O) groups excluding carboxylic acids is 1. The lowest BCUT2D eigenvalue weighted by atomic mass is 9.98. The quantitative estimate of drug-likeness (QED) is 0.836. The molecule has 0 radical (unpaired) electrons. The van der Waals surface area contributed by atoms with E-state index in [2.05, 4.69) is 5.32 Å². The van der Waals surface area contributed by atoms with Crippen molar-refractivity contribution in [3.05, 3.63) is 29.8 Å². The summed E-state index contributed by atoms with van der Waals surface area (Å²) < 4.78 is 0. The van der Waals surface area contributed by atoms with Gasteiger partial charge in [0.1, 0.15) is 6.04 Å². The fourth-order valence-corrected chi connectivity index (χ4v) is 2.73. The van der Waals surface area contributed by atoms with Crippen LogP contribution in [-0.4, -0.2) is 36.1 Å².